The number of unbranched alkanes of at least 4 members (excludes halogenated alkanes) is 1. The third kappa shape index (κ3) is 6.71. The molecule has 1 aliphatic rings. The smallest absolute Gasteiger partial charge is 0.325 e. The van der Waals surface area contributed by atoms with Crippen LogP contribution in [0, 0.1) is 17.1 Å². The van der Waals surface area contributed by atoms with Crippen LogP contribution in [-0.4, -0.2) is 51.4 Å². The Kier molecular flexibility index (Phi) is 9.47. The normalized spacial score (nSPS) is 14.7. The minimum atomic E-state index is -0.576. The summed E-state index contributed by atoms with van der Waals surface area (Å²) in [6.07, 6.45) is 3.11. The van der Waals surface area contributed by atoms with Gasteiger partial charge in [-0.05, 0) is 41.8 Å². The van der Waals surface area contributed by atoms with E-state index >= 15 is 0 Å². The molecule has 0 radical (unpaired) electrons. The third-order valence-electron chi connectivity index (χ3n) is 6.42. The molecule has 2 amide bonds. The molecule has 1 saturated heterocycles. The Morgan fingerprint density at radius 3 is 2.54 bits per heavy atom. The third-order valence-corrected chi connectivity index (χ3v) is 6.42. The van der Waals surface area contributed by atoms with Gasteiger partial charge in [0.2, 0.25) is 0 Å². The highest BCUT2D eigenvalue weighted by Gasteiger charge is 2.35. The average Bonchev–Trinajstić information content (AvgIpc) is 2.89. The maximum absolute atomic E-state index is 14.4. The van der Waals surface area contributed by atoms with Gasteiger partial charge in [0.15, 0.2) is 0 Å². The Labute approximate surface area is 207 Å². The summed E-state index contributed by atoms with van der Waals surface area (Å²) in [5.41, 5.74) is 1.77. The lowest BCUT2D eigenvalue weighted by Crippen LogP contribution is -2.42. The zero-order valence-corrected chi connectivity index (χ0v) is 20.8. The molecule has 0 unspecified atom stereocenters. The highest BCUT2D eigenvalue weighted by atomic mass is 19.1. The molecule has 0 bridgehead atoms. The molecular weight excluding hydrogens is 449 g/mol. The van der Waals surface area contributed by atoms with Crippen LogP contribution in [0.1, 0.15) is 43.7 Å². The van der Waals surface area contributed by atoms with E-state index in [4.69, 9.17) is 19.5 Å². The van der Waals surface area contributed by atoms with Gasteiger partial charge in [0.05, 0.1) is 11.7 Å². The van der Waals surface area contributed by atoms with E-state index in [-0.39, 0.29) is 25.0 Å². The van der Waals surface area contributed by atoms with Crippen molar-refractivity contribution < 1.29 is 23.4 Å². The molecule has 0 saturated carbocycles. The number of nitrogens with zero attached hydrogens (tertiary/aromatic N) is 3. The van der Waals surface area contributed by atoms with Crippen molar-refractivity contribution in [2.24, 2.45) is 0 Å². The standard InChI is InChI=1S/C27H34FN3O4/c1-4-5-13-31(14-12-29)26(32)30(2)24-8-6-21(7-9-24)20-35-25-18-22(17-23(28)19-25)27(33-3)10-15-34-16-11-27/h6-9,17-19H,4-5,10-11,13-16,20H2,1-3H3. The highest BCUT2D eigenvalue weighted by molar-refractivity contribution is 5.91. The molecule has 0 atom stereocenters. The van der Waals surface area contributed by atoms with Crippen LogP contribution in [0.4, 0.5) is 14.9 Å². The van der Waals surface area contributed by atoms with Gasteiger partial charge < -0.3 is 19.1 Å². The summed E-state index contributed by atoms with van der Waals surface area (Å²) in [7, 11) is 3.34. The fraction of sp³-hybridized carbons (Fsp3) is 0.481. The maximum Gasteiger partial charge on any atom is 0.325 e. The van der Waals surface area contributed by atoms with Crippen molar-refractivity contribution in [3.63, 3.8) is 0 Å². The first-order valence-electron chi connectivity index (χ1n) is 12.0. The molecule has 2 aromatic rings. The predicted molar refractivity (Wildman–Crippen MR) is 132 cm³/mol. The van der Waals surface area contributed by atoms with Crippen LogP contribution < -0.4 is 9.64 Å². The molecule has 8 heteroatoms. The minimum Gasteiger partial charge on any atom is -0.489 e. The Balaban J connectivity index is 1.66. The molecule has 188 valence electrons. The number of methoxy groups -OCH3 is 1. The van der Waals surface area contributed by atoms with Crippen LogP contribution in [0.25, 0.3) is 0 Å². The van der Waals surface area contributed by atoms with E-state index < -0.39 is 5.60 Å². The van der Waals surface area contributed by atoms with Crippen LogP contribution in [-0.2, 0) is 21.7 Å². The van der Waals surface area contributed by atoms with E-state index in [0.29, 0.717) is 44.0 Å². The first-order valence-corrected chi connectivity index (χ1v) is 12.0. The van der Waals surface area contributed by atoms with Crippen molar-refractivity contribution in [2.45, 2.75) is 44.8 Å². The number of benzene rings is 2. The number of carbonyl (C=O) groups is 1. The quantitative estimate of drug-likeness (QED) is 0.432. The zero-order valence-electron chi connectivity index (χ0n) is 20.8. The van der Waals surface area contributed by atoms with Gasteiger partial charge in [0.25, 0.3) is 0 Å². The van der Waals surface area contributed by atoms with E-state index in [1.54, 1.807) is 19.1 Å². The second kappa shape index (κ2) is 12.5. The molecule has 3 rings (SSSR count). The van der Waals surface area contributed by atoms with Gasteiger partial charge in [-0.25, -0.2) is 9.18 Å². The summed E-state index contributed by atoms with van der Waals surface area (Å²) in [4.78, 5) is 15.9. The lowest BCUT2D eigenvalue weighted by Gasteiger charge is -2.36. The molecule has 1 fully saturated rings. The Bertz CT molecular complexity index is 1020. The fourth-order valence-corrected chi connectivity index (χ4v) is 4.20. The van der Waals surface area contributed by atoms with Gasteiger partial charge >= 0.3 is 6.03 Å². The van der Waals surface area contributed by atoms with E-state index in [1.807, 2.05) is 37.3 Å². The molecule has 2 aromatic carbocycles. The number of hydrogen-bond acceptors (Lipinski definition) is 5. The number of amides is 2. The van der Waals surface area contributed by atoms with Gasteiger partial charge in [-0.1, -0.05) is 25.5 Å². The number of hydrogen-bond donors (Lipinski definition) is 0. The second-order valence-electron chi connectivity index (χ2n) is 8.72. The Morgan fingerprint density at radius 1 is 1.20 bits per heavy atom. The average molecular weight is 484 g/mol. The van der Waals surface area contributed by atoms with Gasteiger partial charge in [-0.2, -0.15) is 5.26 Å². The Morgan fingerprint density at radius 2 is 1.91 bits per heavy atom. The molecule has 1 aliphatic heterocycles. The van der Waals surface area contributed by atoms with E-state index in [1.165, 1.54) is 17.0 Å². The molecule has 0 N–H and O–H groups in total. The van der Waals surface area contributed by atoms with Gasteiger partial charge in [0.1, 0.15) is 24.7 Å². The van der Waals surface area contributed by atoms with Gasteiger partial charge in [0, 0.05) is 58.5 Å². The number of ether oxygens (including phenoxy) is 3. The van der Waals surface area contributed by atoms with Crippen LogP contribution in [0.2, 0.25) is 0 Å². The molecule has 35 heavy (non-hydrogen) atoms. The number of rotatable bonds is 10. The summed E-state index contributed by atoms with van der Waals surface area (Å²) in [6, 6.07) is 14.0. The van der Waals surface area contributed by atoms with Crippen LogP contribution in [0.15, 0.2) is 42.5 Å². The number of halogens is 1. The summed E-state index contributed by atoms with van der Waals surface area (Å²) in [5, 5.41) is 9.05. The largest absolute Gasteiger partial charge is 0.489 e. The van der Waals surface area contributed by atoms with Crippen molar-refractivity contribution >= 4 is 11.7 Å². The second-order valence-corrected chi connectivity index (χ2v) is 8.72. The number of nitriles is 1. The van der Waals surface area contributed by atoms with Crippen LogP contribution in [0.5, 0.6) is 5.75 Å². The first-order chi connectivity index (χ1) is 16.9. The lowest BCUT2D eigenvalue weighted by molar-refractivity contribution is -0.0950. The number of urea groups is 1. The molecule has 0 aromatic heterocycles. The summed E-state index contributed by atoms with van der Waals surface area (Å²) < 4.78 is 31.5. The van der Waals surface area contributed by atoms with E-state index in [9.17, 15) is 9.18 Å². The first kappa shape index (κ1) is 26.5. The Hall–Kier alpha value is -3.15. The molecule has 7 nitrogen and oxygen atoms in total. The minimum absolute atomic E-state index is 0.0576. The van der Waals surface area contributed by atoms with E-state index in [2.05, 4.69) is 6.07 Å². The lowest BCUT2D eigenvalue weighted by atomic mass is 9.86. The van der Waals surface area contributed by atoms with E-state index in [0.717, 1.165) is 24.0 Å². The molecular formula is C27H34FN3O4. The van der Waals surface area contributed by atoms with Crippen LogP contribution >= 0.6 is 0 Å². The molecule has 0 spiro atoms. The monoisotopic (exact) mass is 483 g/mol. The number of carbonyl (C=O) groups excluding carboxylic acids is 1. The highest BCUT2D eigenvalue weighted by Crippen LogP contribution is 2.37. The maximum atomic E-state index is 14.4. The van der Waals surface area contributed by atoms with Crippen molar-refractivity contribution in [1.29, 1.82) is 5.26 Å². The van der Waals surface area contributed by atoms with Crippen molar-refractivity contribution in [3.05, 3.63) is 59.4 Å². The summed E-state index contributed by atoms with van der Waals surface area (Å²) >= 11 is 0. The summed E-state index contributed by atoms with van der Waals surface area (Å²) in [5.74, 6) is 0.0586. The molecule has 1 heterocycles. The van der Waals surface area contributed by atoms with Gasteiger partial charge in [-0.15, -0.1) is 0 Å². The summed E-state index contributed by atoms with van der Waals surface area (Å²) in [6.45, 7) is 4.04. The topological polar surface area (TPSA) is 75.0 Å². The van der Waals surface area contributed by atoms with Crippen molar-refractivity contribution in [2.75, 3.05) is 45.4 Å². The van der Waals surface area contributed by atoms with Gasteiger partial charge in [-0.3, -0.25) is 4.90 Å². The predicted octanol–water partition coefficient (Wildman–Crippen LogP) is 5.24. The fourth-order valence-electron chi connectivity index (χ4n) is 4.20. The SMILES string of the molecule is CCCCN(CC#N)C(=O)N(C)c1ccc(COc2cc(F)cc(C3(OC)CCOCC3)c2)cc1. The van der Waals surface area contributed by atoms with Crippen molar-refractivity contribution in [3.8, 4) is 11.8 Å². The van der Waals surface area contributed by atoms with Crippen molar-refractivity contribution in [1.82, 2.24) is 4.90 Å². The molecule has 0 aliphatic carbocycles. The zero-order chi connectivity index (χ0) is 25.3. The van der Waals surface area contributed by atoms with Crippen LogP contribution in [0.3, 0.4) is 0 Å². The number of anilines is 1.